The van der Waals surface area contributed by atoms with Gasteiger partial charge >= 0.3 is 0 Å². The van der Waals surface area contributed by atoms with Crippen molar-refractivity contribution in [2.24, 2.45) is 5.41 Å². The molecular weight excluding hydrogens is 406 g/mol. The van der Waals surface area contributed by atoms with Crippen molar-refractivity contribution in [3.05, 3.63) is 53.9 Å². The summed E-state index contributed by atoms with van der Waals surface area (Å²) in [6.45, 7) is 4.06. The molecule has 172 valence electrons. The molecule has 2 saturated heterocycles. The number of hydrogen-bond acceptors (Lipinski definition) is 6. The summed E-state index contributed by atoms with van der Waals surface area (Å²) in [5, 5.41) is 0. The van der Waals surface area contributed by atoms with Crippen LogP contribution in [0.3, 0.4) is 0 Å². The van der Waals surface area contributed by atoms with Gasteiger partial charge in [0.1, 0.15) is 11.5 Å². The first-order valence-electron chi connectivity index (χ1n) is 11.2. The Labute approximate surface area is 190 Å². The standard InChI is InChI=1S/C25H33N3O4/c1-27(16-19-5-4-8-26-15-19)17-23-14-25(18-32-23)6-9-28(10-7-25)24(29)20-11-21(30-2)13-22(12-20)31-3/h4-5,8,11-13,15,23H,6-7,9-10,14,16-18H2,1-3H3/t23-/m0/s1. The Morgan fingerprint density at radius 2 is 1.94 bits per heavy atom. The van der Waals surface area contributed by atoms with Crippen LogP contribution >= 0.6 is 0 Å². The van der Waals surface area contributed by atoms with E-state index in [0.29, 0.717) is 17.1 Å². The molecule has 0 bridgehead atoms. The number of carbonyl (C=O) groups is 1. The van der Waals surface area contributed by atoms with Crippen LogP contribution in [0, 0.1) is 5.41 Å². The lowest BCUT2D eigenvalue weighted by Crippen LogP contribution is -2.43. The van der Waals surface area contributed by atoms with Gasteiger partial charge in [0.05, 0.1) is 26.9 Å². The van der Waals surface area contributed by atoms with Crippen molar-refractivity contribution in [1.29, 1.82) is 0 Å². The first-order valence-corrected chi connectivity index (χ1v) is 11.2. The van der Waals surface area contributed by atoms with Gasteiger partial charge in [-0.25, -0.2) is 0 Å². The van der Waals surface area contributed by atoms with Gasteiger partial charge in [0.2, 0.25) is 0 Å². The van der Waals surface area contributed by atoms with Crippen LogP contribution < -0.4 is 9.47 Å². The molecule has 0 saturated carbocycles. The summed E-state index contributed by atoms with van der Waals surface area (Å²) < 4.78 is 16.8. The molecule has 1 amide bonds. The summed E-state index contributed by atoms with van der Waals surface area (Å²) >= 11 is 0. The zero-order valence-electron chi connectivity index (χ0n) is 19.3. The molecule has 1 spiro atoms. The number of methoxy groups -OCH3 is 2. The van der Waals surface area contributed by atoms with Crippen molar-refractivity contribution in [2.45, 2.75) is 31.9 Å². The molecular formula is C25H33N3O4. The quantitative estimate of drug-likeness (QED) is 0.660. The first-order chi connectivity index (χ1) is 15.5. The van der Waals surface area contributed by atoms with E-state index in [2.05, 4.69) is 23.0 Å². The smallest absolute Gasteiger partial charge is 0.254 e. The number of piperidine rings is 1. The Bertz CT molecular complexity index is 890. The van der Waals surface area contributed by atoms with E-state index in [4.69, 9.17) is 14.2 Å². The van der Waals surface area contributed by atoms with Gasteiger partial charge in [-0.1, -0.05) is 6.07 Å². The van der Waals surface area contributed by atoms with Crippen LogP contribution in [0.4, 0.5) is 0 Å². The summed E-state index contributed by atoms with van der Waals surface area (Å²) in [4.78, 5) is 21.5. The van der Waals surface area contributed by atoms with Crippen LogP contribution in [0.5, 0.6) is 11.5 Å². The molecule has 1 aromatic carbocycles. The number of benzene rings is 1. The van der Waals surface area contributed by atoms with E-state index in [0.717, 1.165) is 52.0 Å². The molecule has 2 fully saturated rings. The van der Waals surface area contributed by atoms with E-state index in [-0.39, 0.29) is 17.4 Å². The van der Waals surface area contributed by atoms with Crippen molar-refractivity contribution in [3.63, 3.8) is 0 Å². The molecule has 3 heterocycles. The number of ether oxygens (including phenoxy) is 3. The largest absolute Gasteiger partial charge is 0.497 e. The molecule has 2 aromatic rings. The highest BCUT2D eigenvalue weighted by Crippen LogP contribution is 2.42. The molecule has 2 aliphatic rings. The van der Waals surface area contributed by atoms with Crippen molar-refractivity contribution in [2.75, 3.05) is 47.5 Å². The number of likely N-dealkylation sites (tertiary alicyclic amines) is 1. The van der Waals surface area contributed by atoms with Crippen molar-refractivity contribution >= 4 is 5.91 Å². The Morgan fingerprint density at radius 1 is 1.22 bits per heavy atom. The van der Waals surface area contributed by atoms with Gasteiger partial charge in [-0.05, 0) is 55.5 Å². The predicted octanol–water partition coefficient (Wildman–Crippen LogP) is 3.24. The van der Waals surface area contributed by atoms with Gasteiger partial charge in [-0.15, -0.1) is 0 Å². The highest BCUT2D eigenvalue weighted by molar-refractivity contribution is 5.95. The minimum absolute atomic E-state index is 0.0312. The van der Waals surface area contributed by atoms with Gasteiger partial charge in [0.25, 0.3) is 5.91 Å². The number of rotatable bonds is 7. The van der Waals surface area contributed by atoms with Gasteiger partial charge in [0, 0.05) is 50.2 Å². The minimum Gasteiger partial charge on any atom is -0.497 e. The maximum Gasteiger partial charge on any atom is 0.254 e. The number of carbonyl (C=O) groups excluding carboxylic acids is 1. The van der Waals surface area contributed by atoms with Crippen LogP contribution in [0.25, 0.3) is 0 Å². The molecule has 4 rings (SSSR count). The van der Waals surface area contributed by atoms with E-state index >= 15 is 0 Å². The Balaban J connectivity index is 1.30. The molecule has 32 heavy (non-hydrogen) atoms. The van der Waals surface area contributed by atoms with Gasteiger partial charge in [-0.3, -0.25) is 14.7 Å². The average Bonchev–Trinajstić information content (AvgIpc) is 3.20. The molecule has 2 aliphatic heterocycles. The molecule has 1 atom stereocenters. The lowest BCUT2D eigenvalue weighted by molar-refractivity contribution is 0.0456. The topological polar surface area (TPSA) is 64.1 Å². The number of amides is 1. The number of aromatic nitrogens is 1. The monoisotopic (exact) mass is 439 g/mol. The van der Waals surface area contributed by atoms with Crippen molar-refractivity contribution in [1.82, 2.24) is 14.8 Å². The molecule has 0 N–H and O–H groups in total. The molecule has 1 aromatic heterocycles. The Kier molecular flexibility index (Phi) is 6.96. The van der Waals surface area contributed by atoms with Gasteiger partial charge in [-0.2, -0.15) is 0 Å². The molecule has 0 unspecified atom stereocenters. The minimum atomic E-state index is 0.0312. The van der Waals surface area contributed by atoms with E-state index in [1.807, 2.05) is 17.2 Å². The fourth-order valence-electron chi connectivity index (χ4n) is 4.87. The number of hydrogen-bond donors (Lipinski definition) is 0. The highest BCUT2D eigenvalue weighted by atomic mass is 16.5. The molecule has 7 heteroatoms. The predicted molar refractivity (Wildman–Crippen MR) is 122 cm³/mol. The van der Waals surface area contributed by atoms with Gasteiger partial charge in [0.15, 0.2) is 0 Å². The van der Waals surface area contributed by atoms with Crippen LogP contribution in [-0.2, 0) is 11.3 Å². The zero-order valence-corrected chi connectivity index (χ0v) is 19.3. The molecule has 7 nitrogen and oxygen atoms in total. The van der Waals surface area contributed by atoms with Crippen LogP contribution in [0.1, 0.15) is 35.2 Å². The average molecular weight is 440 g/mol. The van der Waals surface area contributed by atoms with E-state index in [1.54, 1.807) is 38.6 Å². The Hall–Kier alpha value is -2.64. The summed E-state index contributed by atoms with van der Waals surface area (Å²) in [5.41, 5.74) is 2.00. The summed E-state index contributed by atoms with van der Waals surface area (Å²) in [5.74, 6) is 1.29. The van der Waals surface area contributed by atoms with E-state index in [1.165, 1.54) is 5.56 Å². The number of likely N-dealkylation sites (N-methyl/N-ethyl adjacent to an activating group) is 1. The third-order valence-electron chi connectivity index (χ3n) is 6.69. The lowest BCUT2D eigenvalue weighted by atomic mass is 9.76. The second kappa shape index (κ2) is 9.88. The number of pyridine rings is 1. The third-order valence-corrected chi connectivity index (χ3v) is 6.69. The van der Waals surface area contributed by atoms with E-state index in [9.17, 15) is 4.79 Å². The second-order valence-corrected chi connectivity index (χ2v) is 9.09. The van der Waals surface area contributed by atoms with Crippen LogP contribution in [-0.4, -0.2) is 74.3 Å². The normalized spacial score (nSPS) is 20.0. The molecule has 0 aliphatic carbocycles. The second-order valence-electron chi connectivity index (χ2n) is 9.09. The van der Waals surface area contributed by atoms with Gasteiger partial charge < -0.3 is 19.1 Å². The van der Waals surface area contributed by atoms with Crippen molar-refractivity contribution in [3.8, 4) is 11.5 Å². The lowest BCUT2D eigenvalue weighted by Gasteiger charge is -2.38. The van der Waals surface area contributed by atoms with E-state index < -0.39 is 0 Å². The number of nitrogens with zero attached hydrogens (tertiary/aromatic N) is 3. The summed E-state index contributed by atoms with van der Waals surface area (Å²) in [7, 11) is 5.32. The molecule has 0 radical (unpaired) electrons. The highest BCUT2D eigenvalue weighted by Gasteiger charge is 2.43. The van der Waals surface area contributed by atoms with Crippen LogP contribution in [0.2, 0.25) is 0 Å². The Morgan fingerprint density at radius 3 is 2.56 bits per heavy atom. The zero-order chi connectivity index (χ0) is 22.6. The third kappa shape index (κ3) is 5.22. The SMILES string of the molecule is COc1cc(OC)cc(C(=O)N2CCC3(CC2)CO[C@H](CN(C)Cc2cccnc2)C3)c1. The summed E-state index contributed by atoms with van der Waals surface area (Å²) in [6, 6.07) is 9.42. The van der Waals surface area contributed by atoms with Crippen molar-refractivity contribution < 1.29 is 19.0 Å². The maximum atomic E-state index is 13.1. The van der Waals surface area contributed by atoms with Crippen LogP contribution in [0.15, 0.2) is 42.7 Å². The fraction of sp³-hybridized carbons (Fsp3) is 0.520. The fourth-order valence-corrected chi connectivity index (χ4v) is 4.87. The summed E-state index contributed by atoms with van der Waals surface area (Å²) in [6.07, 6.45) is 6.96. The maximum absolute atomic E-state index is 13.1. The first kappa shape index (κ1) is 22.6.